The number of nitrogens with one attached hydrogen (secondary N) is 1. The van der Waals surface area contributed by atoms with Gasteiger partial charge < -0.3 is 10.4 Å². The van der Waals surface area contributed by atoms with E-state index in [0.717, 1.165) is 0 Å². The maximum Gasteiger partial charge on any atom is 0.217 e. The fraction of sp³-hybridized carbons (Fsp3) is 0.400. The van der Waals surface area contributed by atoms with Crippen molar-refractivity contribution in [3.05, 3.63) is 23.5 Å². The molecule has 0 radical (unpaired) electrons. The normalized spacial score (nSPS) is 21.3. The number of aliphatic hydroxyl groups excluding tert-OH is 1. The zero-order valence-corrected chi connectivity index (χ0v) is 8.20. The second kappa shape index (κ2) is 4.09. The van der Waals surface area contributed by atoms with Crippen molar-refractivity contribution >= 4 is 11.7 Å². The van der Waals surface area contributed by atoms with Gasteiger partial charge in [-0.3, -0.25) is 9.59 Å². The number of amides is 1. The van der Waals surface area contributed by atoms with Gasteiger partial charge in [0.2, 0.25) is 5.91 Å². The van der Waals surface area contributed by atoms with Gasteiger partial charge in [0.15, 0.2) is 5.78 Å². The maximum atomic E-state index is 11.3. The average Bonchev–Trinajstić information content (AvgIpc) is 2.12. The molecular formula is C10H13NO3. The molecule has 0 aromatic heterocycles. The molecule has 0 aliphatic heterocycles. The van der Waals surface area contributed by atoms with Crippen LogP contribution < -0.4 is 5.32 Å². The van der Waals surface area contributed by atoms with Gasteiger partial charge in [-0.05, 0) is 18.1 Å². The summed E-state index contributed by atoms with van der Waals surface area (Å²) in [6, 6.07) is -0.896. The molecule has 1 aliphatic carbocycles. The maximum absolute atomic E-state index is 11.3. The lowest BCUT2D eigenvalue weighted by Gasteiger charge is -2.19. The Bertz CT molecular complexity index is 328. The summed E-state index contributed by atoms with van der Waals surface area (Å²) in [5.41, 5.74) is 0.684. The highest BCUT2D eigenvalue weighted by Crippen LogP contribution is 2.17. The molecule has 0 saturated heterocycles. The summed E-state index contributed by atoms with van der Waals surface area (Å²) < 4.78 is 0. The number of rotatable bonds is 2. The Labute approximate surface area is 82.3 Å². The lowest BCUT2D eigenvalue weighted by Crippen LogP contribution is -2.42. The van der Waals surface area contributed by atoms with Crippen LogP contribution in [0.4, 0.5) is 0 Å². The van der Waals surface area contributed by atoms with Gasteiger partial charge in [0.1, 0.15) is 11.8 Å². The van der Waals surface area contributed by atoms with Crippen molar-refractivity contribution < 1.29 is 14.7 Å². The largest absolute Gasteiger partial charge is 0.509 e. The Kier molecular flexibility index (Phi) is 3.06. The van der Waals surface area contributed by atoms with Crippen LogP contribution in [0.15, 0.2) is 23.5 Å². The van der Waals surface area contributed by atoms with E-state index >= 15 is 0 Å². The van der Waals surface area contributed by atoms with E-state index in [0.29, 0.717) is 12.0 Å². The Morgan fingerprint density at radius 3 is 2.71 bits per heavy atom. The van der Waals surface area contributed by atoms with Gasteiger partial charge >= 0.3 is 0 Å². The van der Waals surface area contributed by atoms with Crippen molar-refractivity contribution in [2.75, 3.05) is 0 Å². The van der Waals surface area contributed by atoms with Gasteiger partial charge in [-0.15, -0.1) is 0 Å². The predicted molar refractivity (Wildman–Crippen MR) is 51.7 cm³/mol. The molecule has 14 heavy (non-hydrogen) atoms. The Balaban J connectivity index is 2.93. The van der Waals surface area contributed by atoms with E-state index in [1.807, 2.05) is 6.92 Å². The van der Waals surface area contributed by atoms with Crippen molar-refractivity contribution in [2.45, 2.75) is 26.3 Å². The molecule has 76 valence electrons. The van der Waals surface area contributed by atoms with Crippen LogP contribution in [0.1, 0.15) is 20.3 Å². The topological polar surface area (TPSA) is 66.4 Å². The molecule has 1 aliphatic rings. The molecule has 4 heteroatoms. The summed E-state index contributed by atoms with van der Waals surface area (Å²) in [6.07, 6.45) is 3.58. The van der Waals surface area contributed by atoms with Crippen molar-refractivity contribution in [2.24, 2.45) is 0 Å². The van der Waals surface area contributed by atoms with E-state index in [-0.39, 0.29) is 17.4 Å². The smallest absolute Gasteiger partial charge is 0.217 e. The average molecular weight is 195 g/mol. The number of carbonyl (C=O) groups excluding carboxylic acids is 2. The second-order valence-electron chi connectivity index (χ2n) is 3.13. The summed E-state index contributed by atoms with van der Waals surface area (Å²) in [4.78, 5) is 22.1. The lowest BCUT2D eigenvalue weighted by molar-refractivity contribution is -0.124. The molecule has 0 aromatic carbocycles. The Hall–Kier alpha value is -1.58. The van der Waals surface area contributed by atoms with Crippen molar-refractivity contribution in [1.29, 1.82) is 0 Å². The van der Waals surface area contributed by atoms with Gasteiger partial charge in [0, 0.05) is 6.92 Å². The van der Waals surface area contributed by atoms with Gasteiger partial charge in [-0.1, -0.05) is 13.0 Å². The van der Waals surface area contributed by atoms with E-state index in [1.165, 1.54) is 13.0 Å². The first-order valence-corrected chi connectivity index (χ1v) is 4.47. The fourth-order valence-corrected chi connectivity index (χ4v) is 1.33. The predicted octanol–water partition coefficient (Wildman–Crippen LogP) is 0.852. The summed E-state index contributed by atoms with van der Waals surface area (Å²) in [6.45, 7) is 3.18. The quantitative estimate of drug-likeness (QED) is 0.686. The number of carbonyl (C=O) groups is 2. The van der Waals surface area contributed by atoms with Gasteiger partial charge in [0.05, 0.1) is 0 Å². The highest BCUT2D eigenvalue weighted by molar-refractivity contribution is 6.00. The third kappa shape index (κ3) is 2.02. The summed E-state index contributed by atoms with van der Waals surface area (Å²) in [5, 5.41) is 12.0. The molecule has 1 rings (SSSR count). The van der Waals surface area contributed by atoms with E-state index in [2.05, 4.69) is 5.32 Å². The first-order chi connectivity index (χ1) is 6.56. The molecule has 0 fully saturated rings. The second-order valence-corrected chi connectivity index (χ2v) is 3.13. The zero-order chi connectivity index (χ0) is 10.7. The first-order valence-electron chi connectivity index (χ1n) is 4.47. The molecule has 0 bridgehead atoms. The molecule has 2 N–H and O–H groups in total. The van der Waals surface area contributed by atoms with Gasteiger partial charge in [0.25, 0.3) is 0 Å². The van der Waals surface area contributed by atoms with Crippen LogP contribution in [0.25, 0.3) is 0 Å². The summed E-state index contributed by atoms with van der Waals surface area (Å²) in [7, 11) is 0. The van der Waals surface area contributed by atoms with E-state index in [4.69, 9.17) is 0 Å². The fourth-order valence-electron chi connectivity index (χ4n) is 1.33. The van der Waals surface area contributed by atoms with E-state index in [1.54, 1.807) is 6.08 Å². The number of hydrogen-bond acceptors (Lipinski definition) is 3. The van der Waals surface area contributed by atoms with Crippen LogP contribution in [0.3, 0.4) is 0 Å². The minimum absolute atomic E-state index is 0.0461. The molecule has 4 nitrogen and oxygen atoms in total. The Morgan fingerprint density at radius 2 is 2.21 bits per heavy atom. The molecule has 1 atom stereocenters. The molecule has 1 amide bonds. The summed E-state index contributed by atoms with van der Waals surface area (Å²) in [5.74, 6) is -0.675. The van der Waals surface area contributed by atoms with Crippen LogP contribution in [0.5, 0.6) is 0 Å². The monoisotopic (exact) mass is 195 g/mol. The Morgan fingerprint density at radius 1 is 1.57 bits per heavy atom. The van der Waals surface area contributed by atoms with Gasteiger partial charge in [-0.2, -0.15) is 0 Å². The first kappa shape index (κ1) is 10.5. The third-order valence-electron chi connectivity index (χ3n) is 2.06. The van der Waals surface area contributed by atoms with Crippen molar-refractivity contribution in [3.8, 4) is 0 Å². The molecular weight excluding hydrogens is 182 g/mol. The van der Waals surface area contributed by atoms with Crippen molar-refractivity contribution in [1.82, 2.24) is 5.32 Å². The highest BCUT2D eigenvalue weighted by atomic mass is 16.3. The lowest BCUT2D eigenvalue weighted by atomic mass is 9.97. The minimum atomic E-state index is -0.896. The molecule has 0 aromatic rings. The minimum Gasteiger partial charge on any atom is -0.509 e. The number of allylic oxidation sites excluding steroid dienone is 2. The molecule has 1 unspecified atom stereocenters. The van der Waals surface area contributed by atoms with Gasteiger partial charge in [-0.25, -0.2) is 0 Å². The highest BCUT2D eigenvalue weighted by Gasteiger charge is 2.26. The number of ketones is 1. The molecule has 0 saturated carbocycles. The van der Waals surface area contributed by atoms with Crippen LogP contribution >= 0.6 is 0 Å². The third-order valence-corrected chi connectivity index (χ3v) is 2.06. The zero-order valence-electron chi connectivity index (χ0n) is 8.20. The molecule has 0 heterocycles. The van der Waals surface area contributed by atoms with Crippen LogP contribution in [0, 0.1) is 0 Å². The number of hydrogen-bond donors (Lipinski definition) is 2. The van der Waals surface area contributed by atoms with E-state index in [9.17, 15) is 14.7 Å². The number of aliphatic hydroxyl groups is 1. The standard InChI is InChI=1S/C10H13NO3/c1-3-7-4-5-8(13)9(10(7)14)11-6(2)12/h4-5,9,14H,3H2,1-2H3,(H,11,12). The SMILES string of the molecule is CCC1=C(O)C(NC(C)=O)C(=O)C=C1. The van der Waals surface area contributed by atoms with Crippen LogP contribution in [0.2, 0.25) is 0 Å². The summed E-state index contributed by atoms with van der Waals surface area (Å²) >= 11 is 0. The van der Waals surface area contributed by atoms with E-state index < -0.39 is 6.04 Å². The van der Waals surface area contributed by atoms with Crippen LogP contribution in [-0.2, 0) is 9.59 Å². The van der Waals surface area contributed by atoms with Crippen LogP contribution in [-0.4, -0.2) is 22.8 Å². The van der Waals surface area contributed by atoms with Crippen molar-refractivity contribution in [3.63, 3.8) is 0 Å². The molecule has 0 spiro atoms.